The fraction of sp³-hybridized carbons (Fsp3) is 0.250. The minimum absolute atomic E-state index is 0.100. The fourth-order valence-electron chi connectivity index (χ4n) is 1.87. The molecule has 1 heterocycles. The van der Waals surface area contributed by atoms with E-state index < -0.39 is 5.91 Å². The van der Waals surface area contributed by atoms with E-state index in [0.717, 1.165) is 12.1 Å². The van der Waals surface area contributed by atoms with Crippen molar-refractivity contribution >= 4 is 11.6 Å². The number of nitrogens with one attached hydrogen (secondary N) is 3. The van der Waals surface area contributed by atoms with Crippen LogP contribution < -0.4 is 16.1 Å². The van der Waals surface area contributed by atoms with Gasteiger partial charge in [0.25, 0.3) is 5.91 Å². The van der Waals surface area contributed by atoms with Crippen LogP contribution in [0.2, 0.25) is 0 Å². The molecule has 0 saturated carbocycles. The largest absolute Gasteiger partial charge is 0.367 e. The van der Waals surface area contributed by atoms with Gasteiger partial charge in [0.1, 0.15) is 5.56 Å². The van der Waals surface area contributed by atoms with Gasteiger partial charge in [0, 0.05) is 36.7 Å². The van der Waals surface area contributed by atoms with Crippen molar-refractivity contribution in [2.75, 3.05) is 5.32 Å². The third kappa shape index (κ3) is 4.29. The zero-order chi connectivity index (χ0) is 15.2. The maximum absolute atomic E-state index is 12.1. The van der Waals surface area contributed by atoms with Crippen molar-refractivity contribution in [3.63, 3.8) is 0 Å². The highest BCUT2D eigenvalue weighted by Crippen LogP contribution is 2.11. The Bertz CT molecular complexity index is 677. The molecule has 3 N–H and O–H groups in total. The standard InChI is InChI=1S/C16H19N3O2/c1-11(2)18-9-12-4-3-5-13(8-12)19-16(21)14-10-17-7-6-15(14)20/h3-8,10-11,18H,9H2,1-2H3,(H,17,20)(H,19,21). The molecule has 1 aromatic heterocycles. The number of hydrogen-bond donors (Lipinski definition) is 3. The Balaban J connectivity index is 2.09. The average molecular weight is 285 g/mol. The van der Waals surface area contributed by atoms with Crippen molar-refractivity contribution in [1.29, 1.82) is 0 Å². The average Bonchev–Trinajstić information content (AvgIpc) is 2.46. The molecule has 0 radical (unpaired) electrons. The van der Waals surface area contributed by atoms with Gasteiger partial charge in [-0.1, -0.05) is 26.0 Å². The first-order chi connectivity index (χ1) is 10.1. The summed E-state index contributed by atoms with van der Waals surface area (Å²) < 4.78 is 0. The Morgan fingerprint density at radius 1 is 1.29 bits per heavy atom. The van der Waals surface area contributed by atoms with Crippen molar-refractivity contribution in [3.05, 3.63) is 64.1 Å². The molecule has 0 atom stereocenters. The number of aromatic nitrogens is 1. The number of anilines is 1. The summed E-state index contributed by atoms with van der Waals surface area (Å²) in [5.74, 6) is -0.411. The maximum Gasteiger partial charge on any atom is 0.261 e. The molecule has 5 nitrogen and oxygen atoms in total. The molecule has 0 unspecified atom stereocenters. The lowest BCUT2D eigenvalue weighted by atomic mass is 10.2. The summed E-state index contributed by atoms with van der Waals surface area (Å²) >= 11 is 0. The first-order valence-electron chi connectivity index (χ1n) is 6.87. The highest BCUT2D eigenvalue weighted by atomic mass is 16.2. The smallest absolute Gasteiger partial charge is 0.261 e. The van der Waals surface area contributed by atoms with Gasteiger partial charge in [-0.3, -0.25) is 9.59 Å². The van der Waals surface area contributed by atoms with Gasteiger partial charge in [0.05, 0.1) is 0 Å². The van der Waals surface area contributed by atoms with Gasteiger partial charge < -0.3 is 15.6 Å². The van der Waals surface area contributed by atoms with E-state index in [1.54, 1.807) is 6.07 Å². The molecular weight excluding hydrogens is 266 g/mol. The number of carbonyl (C=O) groups is 1. The first kappa shape index (κ1) is 15.0. The van der Waals surface area contributed by atoms with Gasteiger partial charge in [-0.2, -0.15) is 0 Å². The summed E-state index contributed by atoms with van der Waals surface area (Å²) in [4.78, 5) is 26.4. The molecular formula is C16H19N3O2. The Kier molecular flexibility index (Phi) is 4.90. The molecule has 0 saturated heterocycles. The maximum atomic E-state index is 12.1. The fourth-order valence-corrected chi connectivity index (χ4v) is 1.87. The van der Waals surface area contributed by atoms with Crippen LogP contribution in [0.5, 0.6) is 0 Å². The topological polar surface area (TPSA) is 74.0 Å². The second-order valence-corrected chi connectivity index (χ2v) is 5.11. The Labute approximate surface area is 123 Å². The van der Waals surface area contributed by atoms with Crippen LogP contribution in [-0.2, 0) is 6.54 Å². The van der Waals surface area contributed by atoms with Gasteiger partial charge in [0.15, 0.2) is 5.43 Å². The summed E-state index contributed by atoms with van der Waals surface area (Å²) in [6.07, 6.45) is 2.90. The van der Waals surface area contributed by atoms with Gasteiger partial charge in [-0.15, -0.1) is 0 Å². The Morgan fingerprint density at radius 2 is 2.10 bits per heavy atom. The lowest BCUT2D eigenvalue weighted by Gasteiger charge is -2.10. The predicted octanol–water partition coefficient (Wildman–Crippen LogP) is 2.13. The quantitative estimate of drug-likeness (QED) is 0.788. The van der Waals surface area contributed by atoms with Crippen LogP contribution in [0.15, 0.2) is 47.5 Å². The minimum Gasteiger partial charge on any atom is -0.367 e. The molecule has 0 spiro atoms. The van der Waals surface area contributed by atoms with Gasteiger partial charge in [0.2, 0.25) is 0 Å². The molecule has 5 heteroatoms. The molecule has 0 bridgehead atoms. The number of benzene rings is 1. The number of rotatable bonds is 5. The highest BCUT2D eigenvalue weighted by molar-refractivity contribution is 6.03. The van der Waals surface area contributed by atoms with Gasteiger partial charge >= 0.3 is 0 Å². The summed E-state index contributed by atoms with van der Waals surface area (Å²) in [6, 6.07) is 9.28. The van der Waals surface area contributed by atoms with E-state index in [2.05, 4.69) is 29.5 Å². The summed E-state index contributed by atoms with van der Waals surface area (Å²) in [5.41, 5.74) is 1.54. The van der Waals surface area contributed by atoms with Crippen LogP contribution >= 0.6 is 0 Å². The van der Waals surface area contributed by atoms with Crippen LogP contribution in [0, 0.1) is 0 Å². The second kappa shape index (κ2) is 6.85. The lowest BCUT2D eigenvalue weighted by Crippen LogP contribution is -2.22. The lowest BCUT2D eigenvalue weighted by molar-refractivity contribution is 0.102. The second-order valence-electron chi connectivity index (χ2n) is 5.11. The number of amides is 1. The van der Waals surface area contributed by atoms with Crippen molar-refractivity contribution in [3.8, 4) is 0 Å². The van der Waals surface area contributed by atoms with Crippen molar-refractivity contribution < 1.29 is 4.79 Å². The number of carbonyl (C=O) groups excluding carboxylic acids is 1. The van der Waals surface area contributed by atoms with Crippen LogP contribution in [-0.4, -0.2) is 16.9 Å². The number of hydrogen-bond acceptors (Lipinski definition) is 3. The molecule has 0 aliphatic carbocycles. The molecule has 1 aromatic carbocycles. The van der Waals surface area contributed by atoms with E-state index in [1.165, 1.54) is 18.5 Å². The summed E-state index contributed by atoms with van der Waals surface area (Å²) in [7, 11) is 0. The molecule has 0 aliphatic heterocycles. The van der Waals surface area contributed by atoms with Crippen molar-refractivity contribution in [2.45, 2.75) is 26.4 Å². The van der Waals surface area contributed by atoms with E-state index in [1.807, 2.05) is 18.2 Å². The van der Waals surface area contributed by atoms with Crippen LogP contribution in [0.4, 0.5) is 5.69 Å². The van der Waals surface area contributed by atoms with E-state index in [9.17, 15) is 9.59 Å². The van der Waals surface area contributed by atoms with Crippen LogP contribution in [0.3, 0.4) is 0 Å². The zero-order valence-electron chi connectivity index (χ0n) is 12.1. The van der Waals surface area contributed by atoms with Crippen LogP contribution in [0.25, 0.3) is 0 Å². The molecule has 2 rings (SSSR count). The van der Waals surface area contributed by atoms with E-state index in [4.69, 9.17) is 0 Å². The highest BCUT2D eigenvalue weighted by Gasteiger charge is 2.09. The zero-order valence-corrected chi connectivity index (χ0v) is 12.1. The monoisotopic (exact) mass is 285 g/mol. The number of H-pyrrole nitrogens is 1. The number of aromatic amines is 1. The van der Waals surface area contributed by atoms with Crippen molar-refractivity contribution in [1.82, 2.24) is 10.3 Å². The minimum atomic E-state index is -0.411. The molecule has 21 heavy (non-hydrogen) atoms. The predicted molar refractivity (Wildman–Crippen MR) is 83.4 cm³/mol. The van der Waals surface area contributed by atoms with E-state index >= 15 is 0 Å². The third-order valence-corrected chi connectivity index (χ3v) is 2.97. The van der Waals surface area contributed by atoms with E-state index in [0.29, 0.717) is 11.7 Å². The first-order valence-corrected chi connectivity index (χ1v) is 6.87. The summed E-state index contributed by atoms with van der Waals surface area (Å²) in [5, 5.41) is 6.06. The van der Waals surface area contributed by atoms with Crippen LogP contribution in [0.1, 0.15) is 29.8 Å². The Hall–Kier alpha value is -2.40. The van der Waals surface area contributed by atoms with Gasteiger partial charge in [-0.25, -0.2) is 0 Å². The SMILES string of the molecule is CC(C)NCc1cccc(NC(=O)c2c[nH]ccc2=O)c1. The summed E-state index contributed by atoms with van der Waals surface area (Å²) in [6.45, 7) is 4.88. The van der Waals surface area contributed by atoms with E-state index in [-0.39, 0.29) is 11.0 Å². The van der Waals surface area contributed by atoms with Gasteiger partial charge in [-0.05, 0) is 17.7 Å². The molecule has 1 amide bonds. The normalized spacial score (nSPS) is 10.6. The molecule has 0 aliphatic rings. The third-order valence-electron chi connectivity index (χ3n) is 2.97. The molecule has 0 fully saturated rings. The molecule has 2 aromatic rings. The Morgan fingerprint density at radius 3 is 2.81 bits per heavy atom. The number of pyridine rings is 1. The van der Waals surface area contributed by atoms with Crippen molar-refractivity contribution in [2.24, 2.45) is 0 Å². The molecule has 110 valence electrons.